The van der Waals surface area contributed by atoms with Gasteiger partial charge >= 0.3 is 0 Å². The third-order valence-corrected chi connectivity index (χ3v) is 2.15. The van der Waals surface area contributed by atoms with Crippen LogP contribution in [0.5, 0.6) is 0 Å². The van der Waals surface area contributed by atoms with Gasteiger partial charge in [0.05, 0.1) is 5.69 Å². The SMILES string of the molecule is CC(C)(N)Cc1nnnn1-c1ccccc1. The maximum Gasteiger partial charge on any atom is 0.158 e. The predicted molar refractivity (Wildman–Crippen MR) is 61.1 cm³/mol. The van der Waals surface area contributed by atoms with Crippen LogP contribution in [0.1, 0.15) is 19.7 Å². The Hall–Kier alpha value is -1.75. The van der Waals surface area contributed by atoms with Crippen LogP contribution < -0.4 is 5.73 Å². The summed E-state index contributed by atoms with van der Waals surface area (Å²) in [6.07, 6.45) is 0.634. The molecule has 16 heavy (non-hydrogen) atoms. The lowest BCUT2D eigenvalue weighted by atomic mass is 10.0. The van der Waals surface area contributed by atoms with Gasteiger partial charge in [-0.2, -0.15) is 4.68 Å². The molecule has 0 aliphatic carbocycles. The van der Waals surface area contributed by atoms with Gasteiger partial charge in [-0.3, -0.25) is 0 Å². The van der Waals surface area contributed by atoms with Crippen molar-refractivity contribution in [3.05, 3.63) is 36.2 Å². The van der Waals surface area contributed by atoms with E-state index in [1.165, 1.54) is 0 Å². The molecule has 5 heteroatoms. The van der Waals surface area contributed by atoms with Crippen molar-refractivity contribution < 1.29 is 0 Å². The molecule has 0 saturated carbocycles. The van der Waals surface area contributed by atoms with E-state index in [9.17, 15) is 0 Å². The maximum absolute atomic E-state index is 5.96. The molecular weight excluding hydrogens is 202 g/mol. The van der Waals surface area contributed by atoms with E-state index < -0.39 is 0 Å². The van der Waals surface area contributed by atoms with Gasteiger partial charge in [0.15, 0.2) is 5.82 Å². The lowest BCUT2D eigenvalue weighted by molar-refractivity contribution is 0.495. The van der Waals surface area contributed by atoms with Gasteiger partial charge in [0.25, 0.3) is 0 Å². The zero-order valence-electron chi connectivity index (χ0n) is 9.46. The van der Waals surface area contributed by atoms with Gasteiger partial charge in [-0.1, -0.05) is 18.2 Å². The van der Waals surface area contributed by atoms with Gasteiger partial charge < -0.3 is 5.73 Å². The first kappa shape index (κ1) is 10.8. The Balaban J connectivity index is 2.33. The summed E-state index contributed by atoms with van der Waals surface area (Å²) >= 11 is 0. The van der Waals surface area contributed by atoms with Gasteiger partial charge in [0, 0.05) is 12.0 Å². The number of rotatable bonds is 3. The second-order valence-electron chi connectivity index (χ2n) is 4.51. The number of benzene rings is 1. The third-order valence-electron chi connectivity index (χ3n) is 2.15. The number of nitrogens with zero attached hydrogens (tertiary/aromatic N) is 4. The maximum atomic E-state index is 5.96. The molecule has 0 amide bonds. The Morgan fingerprint density at radius 1 is 1.25 bits per heavy atom. The highest BCUT2D eigenvalue weighted by molar-refractivity contribution is 5.30. The summed E-state index contributed by atoms with van der Waals surface area (Å²) in [5.74, 6) is 0.777. The molecule has 2 rings (SSSR count). The van der Waals surface area contributed by atoms with Gasteiger partial charge in [-0.25, -0.2) is 0 Å². The minimum Gasteiger partial charge on any atom is -0.325 e. The molecule has 0 saturated heterocycles. The molecule has 0 unspecified atom stereocenters. The summed E-state index contributed by atoms with van der Waals surface area (Å²) in [6, 6.07) is 9.79. The first-order valence-corrected chi connectivity index (χ1v) is 5.18. The number of hydrogen-bond acceptors (Lipinski definition) is 4. The zero-order valence-corrected chi connectivity index (χ0v) is 9.46. The van der Waals surface area contributed by atoms with Crippen LogP contribution in [0.25, 0.3) is 5.69 Å². The second kappa shape index (κ2) is 4.02. The molecule has 1 aromatic heterocycles. The quantitative estimate of drug-likeness (QED) is 0.830. The Bertz CT molecular complexity index is 455. The second-order valence-corrected chi connectivity index (χ2v) is 4.51. The number of aromatic nitrogens is 4. The average molecular weight is 217 g/mol. The summed E-state index contributed by atoms with van der Waals surface area (Å²) in [6.45, 7) is 3.91. The Labute approximate surface area is 94.3 Å². The largest absolute Gasteiger partial charge is 0.325 e. The Kier molecular flexibility index (Phi) is 2.70. The van der Waals surface area contributed by atoms with E-state index in [0.717, 1.165) is 11.5 Å². The molecule has 2 aromatic rings. The minimum atomic E-state index is -0.318. The van der Waals surface area contributed by atoms with Crippen LogP contribution in [-0.4, -0.2) is 25.7 Å². The van der Waals surface area contributed by atoms with Crippen molar-refractivity contribution in [3.8, 4) is 5.69 Å². The Morgan fingerprint density at radius 2 is 1.94 bits per heavy atom. The van der Waals surface area contributed by atoms with Crippen molar-refractivity contribution >= 4 is 0 Å². The van der Waals surface area contributed by atoms with Crippen LogP contribution in [0.2, 0.25) is 0 Å². The van der Waals surface area contributed by atoms with E-state index in [-0.39, 0.29) is 5.54 Å². The summed E-state index contributed by atoms with van der Waals surface area (Å²) in [4.78, 5) is 0. The number of hydrogen-bond donors (Lipinski definition) is 1. The van der Waals surface area contributed by atoms with E-state index in [1.807, 2.05) is 44.2 Å². The van der Waals surface area contributed by atoms with E-state index in [2.05, 4.69) is 15.5 Å². The standard InChI is InChI=1S/C11H15N5/c1-11(2,12)8-10-13-14-15-16(10)9-6-4-3-5-7-9/h3-7H,8,12H2,1-2H3. The van der Waals surface area contributed by atoms with Crippen LogP contribution >= 0.6 is 0 Å². The van der Waals surface area contributed by atoms with Crippen molar-refractivity contribution in [1.82, 2.24) is 20.2 Å². The first-order chi connectivity index (χ1) is 7.56. The van der Waals surface area contributed by atoms with E-state index in [4.69, 9.17) is 5.73 Å². The zero-order chi connectivity index (χ0) is 11.6. The van der Waals surface area contributed by atoms with Crippen LogP contribution in [-0.2, 0) is 6.42 Å². The molecule has 1 heterocycles. The van der Waals surface area contributed by atoms with Gasteiger partial charge in [0.2, 0.25) is 0 Å². The van der Waals surface area contributed by atoms with Crippen molar-refractivity contribution in [2.24, 2.45) is 5.73 Å². The lowest BCUT2D eigenvalue weighted by Gasteiger charge is -2.17. The molecule has 0 bridgehead atoms. The summed E-state index contributed by atoms with van der Waals surface area (Å²) in [7, 11) is 0. The van der Waals surface area contributed by atoms with E-state index in [1.54, 1.807) is 4.68 Å². The molecule has 0 atom stereocenters. The summed E-state index contributed by atoms with van der Waals surface area (Å²) < 4.78 is 1.72. The van der Waals surface area contributed by atoms with Crippen LogP contribution in [0.4, 0.5) is 0 Å². The molecule has 0 radical (unpaired) electrons. The average Bonchev–Trinajstić information content (AvgIpc) is 2.64. The molecule has 2 N–H and O–H groups in total. The van der Waals surface area contributed by atoms with Gasteiger partial charge in [-0.05, 0) is 36.4 Å². The third kappa shape index (κ3) is 2.43. The highest BCUT2D eigenvalue weighted by Crippen LogP contribution is 2.11. The first-order valence-electron chi connectivity index (χ1n) is 5.18. The number of para-hydroxylation sites is 1. The monoisotopic (exact) mass is 217 g/mol. The molecular formula is C11H15N5. The highest BCUT2D eigenvalue weighted by atomic mass is 15.5. The van der Waals surface area contributed by atoms with Crippen molar-refractivity contribution in [2.45, 2.75) is 25.8 Å². The van der Waals surface area contributed by atoms with Crippen LogP contribution in [0, 0.1) is 0 Å². The number of nitrogens with two attached hydrogens (primary N) is 1. The topological polar surface area (TPSA) is 69.6 Å². The van der Waals surface area contributed by atoms with Crippen LogP contribution in [0.3, 0.4) is 0 Å². The normalized spacial score (nSPS) is 11.7. The smallest absolute Gasteiger partial charge is 0.158 e. The van der Waals surface area contributed by atoms with Crippen LogP contribution in [0.15, 0.2) is 30.3 Å². The van der Waals surface area contributed by atoms with Crippen molar-refractivity contribution in [3.63, 3.8) is 0 Å². The molecule has 84 valence electrons. The fourth-order valence-electron chi connectivity index (χ4n) is 1.49. The Morgan fingerprint density at radius 3 is 2.56 bits per heavy atom. The number of tetrazole rings is 1. The molecule has 0 fully saturated rings. The predicted octanol–water partition coefficient (Wildman–Crippen LogP) is 0.942. The summed E-state index contributed by atoms with van der Waals surface area (Å²) in [5, 5.41) is 11.7. The molecule has 5 nitrogen and oxygen atoms in total. The van der Waals surface area contributed by atoms with E-state index in [0.29, 0.717) is 6.42 Å². The summed E-state index contributed by atoms with van der Waals surface area (Å²) in [5.41, 5.74) is 6.60. The van der Waals surface area contributed by atoms with Crippen molar-refractivity contribution in [1.29, 1.82) is 0 Å². The molecule has 1 aromatic carbocycles. The molecule has 0 aliphatic heterocycles. The van der Waals surface area contributed by atoms with Gasteiger partial charge in [-0.15, -0.1) is 5.10 Å². The minimum absolute atomic E-state index is 0.318. The van der Waals surface area contributed by atoms with Gasteiger partial charge in [0.1, 0.15) is 0 Å². The lowest BCUT2D eigenvalue weighted by Crippen LogP contribution is -2.35. The molecule has 0 aliphatic rings. The van der Waals surface area contributed by atoms with Crippen molar-refractivity contribution in [2.75, 3.05) is 0 Å². The fourth-order valence-corrected chi connectivity index (χ4v) is 1.49. The highest BCUT2D eigenvalue weighted by Gasteiger charge is 2.17. The fraction of sp³-hybridized carbons (Fsp3) is 0.364. The van der Waals surface area contributed by atoms with E-state index >= 15 is 0 Å². The molecule has 0 spiro atoms.